The SMILES string of the molecule is Cn1c(C(F)(F)F)c(-c2cc(S(=O)(=O)N3CCCC3)c(Cl)cc2F)c(=O)[nH]c1=O. The van der Waals surface area contributed by atoms with Crippen LogP contribution in [0.25, 0.3) is 11.1 Å². The zero-order valence-electron chi connectivity index (χ0n) is 14.8. The van der Waals surface area contributed by atoms with Crippen molar-refractivity contribution in [2.45, 2.75) is 23.9 Å². The number of alkyl halides is 3. The molecule has 0 atom stereocenters. The monoisotopic (exact) mass is 455 g/mol. The second-order valence-corrected chi connectivity index (χ2v) is 8.73. The molecule has 13 heteroatoms. The van der Waals surface area contributed by atoms with Crippen molar-refractivity contribution in [3.05, 3.63) is 49.5 Å². The van der Waals surface area contributed by atoms with Crippen LogP contribution in [-0.4, -0.2) is 35.4 Å². The van der Waals surface area contributed by atoms with Gasteiger partial charge in [0.2, 0.25) is 10.0 Å². The Morgan fingerprint density at radius 3 is 2.28 bits per heavy atom. The van der Waals surface area contributed by atoms with Gasteiger partial charge in [0.05, 0.1) is 10.6 Å². The highest BCUT2D eigenvalue weighted by atomic mass is 35.5. The quantitative estimate of drug-likeness (QED) is 0.719. The number of nitrogens with zero attached hydrogens (tertiary/aromatic N) is 2. The lowest BCUT2D eigenvalue weighted by Crippen LogP contribution is -2.36. The van der Waals surface area contributed by atoms with E-state index in [2.05, 4.69) is 0 Å². The van der Waals surface area contributed by atoms with Crippen molar-refractivity contribution in [1.82, 2.24) is 13.9 Å². The Kier molecular flexibility index (Phi) is 5.39. The summed E-state index contributed by atoms with van der Waals surface area (Å²) < 4.78 is 82.0. The summed E-state index contributed by atoms with van der Waals surface area (Å²) in [5.41, 5.74) is -6.73. The van der Waals surface area contributed by atoms with Crippen molar-refractivity contribution in [2.75, 3.05) is 13.1 Å². The summed E-state index contributed by atoms with van der Waals surface area (Å²) >= 11 is 5.87. The van der Waals surface area contributed by atoms with Crippen molar-refractivity contribution in [2.24, 2.45) is 7.05 Å². The lowest BCUT2D eigenvalue weighted by molar-refractivity contribution is -0.143. The number of aromatic nitrogens is 2. The van der Waals surface area contributed by atoms with Crippen LogP contribution in [0.3, 0.4) is 0 Å². The number of sulfonamides is 1. The first kappa shape index (κ1) is 21.5. The number of H-pyrrole nitrogens is 1. The van der Waals surface area contributed by atoms with Crippen LogP contribution >= 0.6 is 11.6 Å². The predicted molar refractivity (Wildman–Crippen MR) is 95.7 cm³/mol. The van der Waals surface area contributed by atoms with E-state index in [1.54, 1.807) is 4.98 Å². The zero-order valence-corrected chi connectivity index (χ0v) is 16.4. The fraction of sp³-hybridized carbons (Fsp3) is 0.375. The Morgan fingerprint density at radius 1 is 1.14 bits per heavy atom. The number of halogens is 5. The number of hydrogen-bond donors (Lipinski definition) is 1. The van der Waals surface area contributed by atoms with Gasteiger partial charge < -0.3 is 0 Å². The Bertz CT molecular complexity index is 1200. The first-order valence-electron chi connectivity index (χ1n) is 8.25. The average Bonchev–Trinajstić information content (AvgIpc) is 3.12. The van der Waals surface area contributed by atoms with E-state index in [0.29, 0.717) is 25.0 Å². The Labute approximate surface area is 166 Å². The molecule has 0 radical (unpaired) electrons. The maximum absolute atomic E-state index is 14.6. The summed E-state index contributed by atoms with van der Waals surface area (Å²) in [5, 5.41) is -0.534. The molecule has 3 rings (SSSR count). The molecule has 0 spiro atoms. The summed E-state index contributed by atoms with van der Waals surface area (Å²) in [6.45, 7) is 0.360. The molecule has 0 saturated carbocycles. The average molecular weight is 456 g/mol. The predicted octanol–water partition coefficient (Wildman–Crippen LogP) is 2.34. The van der Waals surface area contributed by atoms with Crippen molar-refractivity contribution in [1.29, 1.82) is 0 Å². The van der Waals surface area contributed by atoms with E-state index in [0.717, 1.165) is 11.4 Å². The minimum Gasteiger partial charge on any atom is -0.292 e. The molecule has 0 amide bonds. The molecular formula is C16H14ClF4N3O4S. The first-order chi connectivity index (χ1) is 13.4. The maximum atomic E-state index is 14.6. The maximum Gasteiger partial charge on any atom is 0.432 e. The van der Waals surface area contributed by atoms with Gasteiger partial charge in [-0.25, -0.2) is 17.6 Å². The van der Waals surface area contributed by atoms with Gasteiger partial charge >= 0.3 is 11.9 Å². The van der Waals surface area contributed by atoms with Crippen LogP contribution in [0.1, 0.15) is 18.5 Å². The third kappa shape index (κ3) is 3.71. The van der Waals surface area contributed by atoms with Crippen molar-refractivity contribution >= 4 is 21.6 Å². The third-order valence-corrected chi connectivity index (χ3v) is 6.93. The number of rotatable bonds is 3. The van der Waals surface area contributed by atoms with Gasteiger partial charge in [-0.1, -0.05) is 11.6 Å². The van der Waals surface area contributed by atoms with E-state index in [1.807, 2.05) is 0 Å². The van der Waals surface area contributed by atoms with Crippen LogP contribution in [-0.2, 0) is 23.2 Å². The minimum atomic E-state index is -5.20. The first-order valence-corrected chi connectivity index (χ1v) is 10.1. The number of nitrogens with one attached hydrogen (secondary N) is 1. The van der Waals surface area contributed by atoms with E-state index in [4.69, 9.17) is 11.6 Å². The van der Waals surface area contributed by atoms with Crippen LogP contribution < -0.4 is 11.2 Å². The Morgan fingerprint density at radius 2 is 1.72 bits per heavy atom. The molecule has 29 heavy (non-hydrogen) atoms. The third-order valence-electron chi connectivity index (χ3n) is 4.57. The van der Waals surface area contributed by atoms with E-state index in [-0.39, 0.29) is 17.7 Å². The van der Waals surface area contributed by atoms with Gasteiger partial charge in [-0.2, -0.15) is 17.5 Å². The van der Waals surface area contributed by atoms with Crippen LogP contribution in [0.5, 0.6) is 0 Å². The topological polar surface area (TPSA) is 92.2 Å². The van der Waals surface area contributed by atoms with Gasteiger partial charge in [0.15, 0.2) is 0 Å². The fourth-order valence-corrected chi connectivity index (χ4v) is 5.22. The molecule has 158 valence electrons. The number of aromatic amines is 1. The summed E-state index contributed by atoms with van der Waals surface area (Å²) in [5.74, 6) is -1.34. The fourth-order valence-electron chi connectivity index (χ4n) is 3.19. The molecule has 0 aliphatic carbocycles. The smallest absolute Gasteiger partial charge is 0.292 e. The summed E-state index contributed by atoms with van der Waals surface area (Å²) in [6, 6.07) is 1.13. The summed E-state index contributed by atoms with van der Waals surface area (Å²) in [7, 11) is -3.47. The molecule has 1 aromatic heterocycles. The van der Waals surface area contributed by atoms with Gasteiger partial charge in [0.25, 0.3) is 5.56 Å². The number of hydrogen-bond acceptors (Lipinski definition) is 4. The lowest BCUT2D eigenvalue weighted by atomic mass is 10.0. The highest BCUT2D eigenvalue weighted by Gasteiger charge is 2.40. The van der Waals surface area contributed by atoms with Crippen molar-refractivity contribution in [3.8, 4) is 11.1 Å². The normalized spacial score (nSPS) is 15.8. The van der Waals surface area contributed by atoms with Crippen LogP contribution in [0, 0.1) is 5.82 Å². The van der Waals surface area contributed by atoms with Crippen molar-refractivity contribution in [3.63, 3.8) is 0 Å². The minimum absolute atomic E-state index is 0.111. The highest BCUT2D eigenvalue weighted by molar-refractivity contribution is 7.89. The molecule has 1 fully saturated rings. The molecule has 7 nitrogen and oxygen atoms in total. The van der Waals surface area contributed by atoms with E-state index < -0.39 is 60.0 Å². The largest absolute Gasteiger partial charge is 0.432 e. The van der Waals surface area contributed by atoms with E-state index in [9.17, 15) is 35.6 Å². The molecule has 0 bridgehead atoms. The van der Waals surface area contributed by atoms with Gasteiger partial charge in [0, 0.05) is 25.7 Å². The molecule has 0 unspecified atom stereocenters. The summed E-state index contributed by atoms with van der Waals surface area (Å²) in [4.78, 5) is 24.8. The molecule has 1 N–H and O–H groups in total. The zero-order chi connectivity index (χ0) is 21.7. The second-order valence-electron chi connectivity index (χ2n) is 6.41. The Balaban J connectivity index is 2.36. The standard InChI is InChI=1S/C16H14ClF4N3O4S/c1-23-13(16(19,20)21)12(14(25)22-15(23)26)8-6-11(9(17)7-10(8)18)29(27,28)24-4-2-3-5-24/h6-7H,2-5H2,1H3,(H,22,25,26). The van der Waals surface area contributed by atoms with Gasteiger partial charge in [-0.15, -0.1) is 0 Å². The van der Waals surface area contributed by atoms with Crippen LogP contribution in [0.15, 0.2) is 26.6 Å². The van der Waals surface area contributed by atoms with Gasteiger partial charge in [0.1, 0.15) is 16.4 Å². The van der Waals surface area contributed by atoms with E-state index >= 15 is 0 Å². The molecule has 2 heterocycles. The van der Waals surface area contributed by atoms with Gasteiger partial charge in [-0.3, -0.25) is 14.3 Å². The van der Waals surface area contributed by atoms with Crippen molar-refractivity contribution < 1.29 is 26.0 Å². The van der Waals surface area contributed by atoms with Crippen LogP contribution in [0.4, 0.5) is 17.6 Å². The van der Waals surface area contributed by atoms with E-state index in [1.165, 1.54) is 0 Å². The Hall–Kier alpha value is -2.18. The van der Waals surface area contributed by atoms with Gasteiger partial charge in [-0.05, 0) is 25.0 Å². The molecular weight excluding hydrogens is 442 g/mol. The molecule has 1 aliphatic heterocycles. The molecule has 2 aromatic rings. The second kappa shape index (κ2) is 7.26. The lowest BCUT2D eigenvalue weighted by Gasteiger charge is -2.19. The molecule has 1 saturated heterocycles. The highest BCUT2D eigenvalue weighted by Crippen LogP contribution is 2.38. The number of benzene rings is 1. The molecule has 1 aromatic carbocycles. The molecule has 1 aliphatic rings. The van der Waals surface area contributed by atoms with Crippen LogP contribution in [0.2, 0.25) is 5.02 Å². The summed E-state index contributed by atoms with van der Waals surface area (Å²) in [6.07, 6.45) is -4.02.